The number of nitrogens with one attached hydrogen (secondary N) is 1. The number of sulfonamides is 1. The van der Waals surface area contributed by atoms with Crippen LogP contribution < -0.4 is 4.72 Å². The minimum Gasteiger partial charge on any atom is -0.381 e. The summed E-state index contributed by atoms with van der Waals surface area (Å²) in [4.78, 5) is 0. The maximum absolute atomic E-state index is 12.3. The van der Waals surface area contributed by atoms with Crippen molar-refractivity contribution >= 4 is 21.6 Å². The standard InChI is InChI=1S/C14H20ClNO3S/c1-2-16-20(17,18)14-6-7-19-10-12(14)8-11-4-3-5-13(15)9-11/h3-5,9,12,14,16H,2,6-8,10H2,1H3/t12-,14+/m1/s1. The minimum absolute atomic E-state index is 0.0359. The largest absolute Gasteiger partial charge is 0.381 e. The van der Waals surface area contributed by atoms with Gasteiger partial charge in [-0.15, -0.1) is 0 Å². The van der Waals surface area contributed by atoms with Crippen LogP contribution in [0.5, 0.6) is 0 Å². The quantitative estimate of drug-likeness (QED) is 0.906. The van der Waals surface area contributed by atoms with Gasteiger partial charge in [0, 0.05) is 24.1 Å². The van der Waals surface area contributed by atoms with Crippen LogP contribution in [-0.4, -0.2) is 33.4 Å². The van der Waals surface area contributed by atoms with E-state index in [9.17, 15) is 8.42 Å². The van der Waals surface area contributed by atoms with Crippen LogP contribution in [0.15, 0.2) is 24.3 Å². The van der Waals surface area contributed by atoms with Gasteiger partial charge in [-0.05, 0) is 30.5 Å². The molecule has 0 saturated carbocycles. The molecular formula is C14H20ClNO3S. The fourth-order valence-electron chi connectivity index (χ4n) is 2.65. The smallest absolute Gasteiger partial charge is 0.214 e. The lowest BCUT2D eigenvalue weighted by Gasteiger charge is -2.31. The molecule has 112 valence electrons. The summed E-state index contributed by atoms with van der Waals surface area (Å²) in [6.07, 6.45) is 1.20. The third-order valence-electron chi connectivity index (χ3n) is 3.54. The van der Waals surface area contributed by atoms with E-state index in [1.807, 2.05) is 24.3 Å². The van der Waals surface area contributed by atoms with Gasteiger partial charge in [0.25, 0.3) is 0 Å². The first-order chi connectivity index (χ1) is 9.53. The van der Waals surface area contributed by atoms with Gasteiger partial charge in [-0.3, -0.25) is 0 Å². The van der Waals surface area contributed by atoms with E-state index in [0.29, 0.717) is 37.6 Å². The van der Waals surface area contributed by atoms with E-state index in [4.69, 9.17) is 16.3 Å². The maximum atomic E-state index is 12.3. The highest BCUT2D eigenvalue weighted by molar-refractivity contribution is 7.90. The molecule has 0 unspecified atom stereocenters. The first kappa shape index (κ1) is 15.8. The van der Waals surface area contributed by atoms with Crippen molar-refractivity contribution in [3.05, 3.63) is 34.9 Å². The molecule has 0 amide bonds. The summed E-state index contributed by atoms with van der Waals surface area (Å²) >= 11 is 5.98. The Morgan fingerprint density at radius 2 is 2.25 bits per heavy atom. The molecular weight excluding hydrogens is 298 g/mol. The molecule has 1 aromatic rings. The molecule has 1 aliphatic heterocycles. The molecule has 0 bridgehead atoms. The van der Waals surface area contributed by atoms with Gasteiger partial charge in [0.15, 0.2) is 0 Å². The van der Waals surface area contributed by atoms with Gasteiger partial charge in [0.2, 0.25) is 10.0 Å². The molecule has 0 aromatic heterocycles. The van der Waals surface area contributed by atoms with Gasteiger partial charge in [0.1, 0.15) is 0 Å². The van der Waals surface area contributed by atoms with E-state index >= 15 is 0 Å². The highest BCUT2D eigenvalue weighted by atomic mass is 35.5. The zero-order chi connectivity index (χ0) is 14.6. The zero-order valence-electron chi connectivity index (χ0n) is 11.5. The minimum atomic E-state index is -3.28. The average Bonchev–Trinajstić information content (AvgIpc) is 2.39. The fraction of sp³-hybridized carbons (Fsp3) is 0.571. The van der Waals surface area contributed by atoms with Crippen LogP contribution in [0, 0.1) is 5.92 Å². The third kappa shape index (κ3) is 3.95. The second-order valence-electron chi connectivity index (χ2n) is 5.04. The second-order valence-corrected chi connectivity index (χ2v) is 7.46. The fourth-order valence-corrected chi connectivity index (χ4v) is 4.57. The van der Waals surface area contributed by atoms with Crippen LogP contribution in [0.25, 0.3) is 0 Å². The number of hydrogen-bond donors (Lipinski definition) is 1. The third-order valence-corrected chi connectivity index (χ3v) is 5.88. The summed E-state index contributed by atoms with van der Waals surface area (Å²) in [6, 6.07) is 7.55. The van der Waals surface area contributed by atoms with Gasteiger partial charge in [0.05, 0.1) is 11.9 Å². The van der Waals surface area contributed by atoms with Crippen molar-refractivity contribution in [2.24, 2.45) is 5.92 Å². The highest BCUT2D eigenvalue weighted by Crippen LogP contribution is 2.26. The normalized spacial score (nSPS) is 23.7. The van der Waals surface area contributed by atoms with Gasteiger partial charge >= 0.3 is 0 Å². The molecule has 0 aliphatic carbocycles. The predicted molar refractivity (Wildman–Crippen MR) is 80.5 cm³/mol. The van der Waals surface area contributed by atoms with E-state index < -0.39 is 15.3 Å². The molecule has 1 saturated heterocycles. The van der Waals surface area contributed by atoms with E-state index in [2.05, 4.69) is 4.72 Å². The second kappa shape index (κ2) is 6.89. The highest BCUT2D eigenvalue weighted by Gasteiger charge is 2.35. The number of rotatable bonds is 5. The van der Waals surface area contributed by atoms with Gasteiger partial charge < -0.3 is 4.74 Å². The van der Waals surface area contributed by atoms with E-state index in [0.717, 1.165) is 5.56 Å². The molecule has 2 rings (SSSR count). The van der Waals surface area contributed by atoms with E-state index in [1.165, 1.54) is 0 Å². The number of ether oxygens (including phenoxy) is 1. The first-order valence-electron chi connectivity index (χ1n) is 6.83. The summed E-state index contributed by atoms with van der Waals surface area (Å²) < 4.78 is 32.6. The Balaban J connectivity index is 2.15. The van der Waals surface area contributed by atoms with Gasteiger partial charge in [-0.1, -0.05) is 30.7 Å². The Hall–Kier alpha value is -0.620. The van der Waals surface area contributed by atoms with Crippen LogP contribution in [0.1, 0.15) is 18.9 Å². The Kier molecular flexibility index (Phi) is 5.43. The summed E-state index contributed by atoms with van der Waals surface area (Å²) in [5, 5.41) is 0.278. The van der Waals surface area contributed by atoms with Crippen molar-refractivity contribution in [1.82, 2.24) is 4.72 Å². The van der Waals surface area contributed by atoms with Crippen molar-refractivity contribution in [2.75, 3.05) is 19.8 Å². The molecule has 1 heterocycles. The molecule has 0 radical (unpaired) electrons. The van der Waals surface area contributed by atoms with Crippen LogP contribution in [0.2, 0.25) is 5.02 Å². The Bertz CT molecular complexity index is 547. The molecule has 2 atom stereocenters. The van der Waals surface area contributed by atoms with Crippen molar-refractivity contribution in [3.63, 3.8) is 0 Å². The number of hydrogen-bond acceptors (Lipinski definition) is 3. The SMILES string of the molecule is CCNS(=O)(=O)[C@H]1CCOC[C@H]1Cc1cccc(Cl)c1. The van der Waals surface area contributed by atoms with Crippen molar-refractivity contribution in [3.8, 4) is 0 Å². The molecule has 1 N–H and O–H groups in total. The van der Waals surface area contributed by atoms with Crippen LogP contribution >= 0.6 is 11.6 Å². The Labute approximate surface area is 125 Å². The number of benzene rings is 1. The van der Waals surface area contributed by atoms with E-state index in [1.54, 1.807) is 6.92 Å². The average molecular weight is 318 g/mol. The topological polar surface area (TPSA) is 55.4 Å². The summed E-state index contributed by atoms with van der Waals surface area (Å²) in [5.41, 5.74) is 1.05. The number of halogens is 1. The van der Waals surface area contributed by atoms with Crippen LogP contribution in [-0.2, 0) is 21.2 Å². The first-order valence-corrected chi connectivity index (χ1v) is 8.76. The summed E-state index contributed by atoms with van der Waals surface area (Å²) in [6.45, 7) is 3.19. The summed E-state index contributed by atoms with van der Waals surface area (Å²) in [5.74, 6) is -0.0359. The molecule has 1 aromatic carbocycles. The lowest BCUT2D eigenvalue weighted by Crippen LogP contribution is -2.44. The van der Waals surface area contributed by atoms with Crippen LogP contribution in [0.3, 0.4) is 0 Å². The lowest BCUT2D eigenvalue weighted by atomic mass is 9.94. The molecule has 1 fully saturated rings. The predicted octanol–water partition coefficient (Wildman–Crippen LogP) is 2.23. The lowest BCUT2D eigenvalue weighted by molar-refractivity contribution is 0.0570. The van der Waals surface area contributed by atoms with Crippen molar-refractivity contribution in [2.45, 2.75) is 25.0 Å². The van der Waals surface area contributed by atoms with Crippen molar-refractivity contribution < 1.29 is 13.2 Å². The molecule has 6 heteroatoms. The Morgan fingerprint density at radius 3 is 2.95 bits per heavy atom. The molecule has 1 aliphatic rings. The zero-order valence-corrected chi connectivity index (χ0v) is 13.1. The maximum Gasteiger partial charge on any atom is 0.214 e. The van der Waals surface area contributed by atoms with Gasteiger partial charge in [-0.25, -0.2) is 13.1 Å². The van der Waals surface area contributed by atoms with Gasteiger partial charge in [-0.2, -0.15) is 0 Å². The molecule has 4 nitrogen and oxygen atoms in total. The van der Waals surface area contributed by atoms with Crippen LogP contribution in [0.4, 0.5) is 0 Å². The van der Waals surface area contributed by atoms with Crippen molar-refractivity contribution in [1.29, 1.82) is 0 Å². The molecule has 20 heavy (non-hydrogen) atoms. The monoisotopic (exact) mass is 317 g/mol. The van der Waals surface area contributed by atoms with E-state index in [-0.39, 0.29) is 5.92 Å². The Morgan fingerprint density at radius 1 is 1.45 bits per heavy atom. The summed E-state index contributed by atoms with van der Waals surface area (Å²) in [7, 11) is -3.28. The molecule has 0 spiro atoms.